The summed E-state index contributed by atoms with van der Waals surface area (Å²) in [4.78, 5) is 50.6. The number of carboxylic acids is 2. The van der Waals surface area contributed by atoms with Crippen molar-refractivity contribution in [2.45, 2.75) is 60.9 Å². The Morgan fingerprint density at radius 3 is 1.48 bits per heavy atom. The van der Waals surface area contributed by atoms with Crippen molar-refractivity contribution in [1.29, 1.82) is 0 Å². The van der Waals surface area contributed by atoms with Gasteiger partial charge in [0.15, 0.2) is 5.78 Å². The summed E-state index contributed by atoms with van der Waals surface area (Å²) in [5.41, 5.74) is -0.109. The van der Waals surface area contributed by atoms with Gasteiger partial charge < -0.3 is 30.3 Å². The molecule has 0 aliphatic carbocycles. The molecule has 4 aromatic carbocycles. The number of carbonyl (C=O) groups excluding carboxylic acids is 2. The van der Waals surface area contributed by atoms with E-state index in [2.05, 4.69) is 38.3 Å². The minimum Gasteiger partial charge on any atom is -0.478 e. The van der Waals surface area contributed by atoms with E-state index in [0.717, 1.165) is 5.69 Å². The topological polar surface area (TPSA) is 151 Å². The predicted octanol–water partition coefficient (Wildman–Crippen LogP) is 9.63. The third-order valence-corrected chi connectivity index (χ3v) is 9.31. The summed E-state index contributed by atoms with van der Waals surface area (Å²) < 4.78 is 11.8. The summed E-state index contributed by atoms with van der Waals surface area (Å²) >= 11 is 0. The zero-order chi connectivity index (χ0) is 37.0. The average Bonchev–Trinajstić information content (AvgIpc) is 3.05. The Labute approximate surface area is 292 Å². The minimum absolute atomic E-state index is 0.0176. The van der Waals surface area contributed by atoms with Gasteiger partial charge in [-0.15, -0.1) is 0 Å². The van der Waals surface area contributed by atoms with Gasteiger partial charge in [0.1, 0.15) is 23.0 Å². The van der Waals surface area contributed by atoms with Crippen molar-refractivity contribution in [2.24, 2.45) is 17.3 Å². The van der Waals surface area contributed by atoms with Crippen molar-refractivity contribution in [3.63, 3.8) is 0 Å². The lowest BCUT2D eigenvalue weighted by Crippen LogP contribution is -2.36. The van der Waals surface area contributed by atoms with Crippen LogP contribution in [0.25, 0.3) is 0 Å². The molecule has 0 fully saturated rings. The maximum atomic E-state index is 13.4. The molecule has 0 radical (unpaired) electrons. The molecule has 4 N–H and O–H groups in total. The van der Waals surface area contributed by atoms with Gasteiger partial charge in [-0.25, -0.2) is 9.59 Å². The largest absolute Gasteiger partial charge is 0.478 e. The van der Waals surface area contributed by atoms with E-state index in [-0.39, 0.29) is 51.0 Å². The van der Waals surface area contributed by atoms with Crippen LogP contribution in [0.4, 0.5) is 11.4 Å². The fourth-order valence-electron chi connectivity index (χ4n) is 4.73. The van der Waals surface area contributed by atoms with E-state index >= 15 is 0 Å². The molecular weight excluding hydrogens is 636 g/mol. The highest BCUT2D eigenvalue weighted by Gasteiger charge is 2.34. The normalized spacial score (nSPS) is 11.6. The Bertz CT molecular complexity index is 1890. The van der Waals surface area contributed by atoms with Crippen molar-refractivity contribution in [2.75, 3.05) is 10.6 Å². The molecule has 0 unspecified atom stereocenters. The van der Waals surface area contributed by atoms with Crippen LogP contribution in [0.15, 0.2) is 84.9 Å². The summed E-state index contributed by atoms with van der Waals surface area (Å²) in [6.07, 6.45) is 0. The molecule has 1 amide bonds. The summed E-state index contributed by atoms with van der Waals surface area (Å²) in [5.74, 6) is -1.84. The number of carbonyl (C=O) groups is 4. The summed E-state index contributed by atoms with van der Waals surface area (Å²) in [6.45, 7) is 15.9. The first-order valence-corrected chi connectivity index (χ1v) is 16.3. The number of amides is 1. The SMILES string of the molecule is CC(C)C(C)(C)Nc1ccc(Oc2ccc(NC(=O)c3ccc(Oc4ccc(C(=O)O)c(C(=O)C(C)(C)C(C)C)c4)cc3C(=O)O)cc2)cc1. The number of nitrogens with one attached hydrogen (secondary N) is 2. The van der Waals surface area contributed by atoms with Gasteiger partial charge in [-0.1, -0.05) is 41.5 Å². The third kappa shape index (κ3) is 8.68. The summed E-state index contributed by atoms with van der Waals surface area (Å²) in [7, 11) is 0. The van der Waals surface area contributed by atoms with Gasteiger partial charge in [0.2, 0.25) is 0 Å². The highest BCUT2D eigenvalue weighted by atomic mass is 16.5. The quantitative estimate of drug-likeness (QED) is 0.0954. The minimum atomic E-state index is -1.35. The smallest absolute Gasteiger partial charge is 0.336 e. The van der Waals surface area contributed by atoms with Gasteiger partial charge in [-0.3, -0.25) is 9.59 Å². The van der Waals surface area contributed by atoms with Crippen LogP contribution in [0, 0.1) is 17.3 Å². The molecule has 0 aromatic heterocycles. The molecule has 262 valence electrons. The van der Waals surface area contributed by atoms with E-state index in [1.165, 1.54) is 36.4 Å². The Morgan fingerprint density at radius 2 is 1.00 bits per heavy atom. The number of aromatic carboxylic acids is 2. The first kappa shape index (κ1) is 37.2. The second-order valence-corrected chi connectivity index (χ2v) is 13.9. The second kappa shape index (κ2) is 14.9. The zero-order valence-electron chi connectivity index (χ0n) is 29.6. The second-order valence-electron chi connectivity index (χ2n) is 13.9. The van der Waals surface area contributed by atoms with Crippen LogP contribution in [0.3, 0.4) is 0 Å². The third-order valence-electron chi connectivity index (χ3n) is 9.31. The highest BCUT2D eigenvalue weighted by molar-refractivity contribution is 6.11. The molecule has 10 heteroatoms. The standard InChI is InChI=1S/C40H44N2O8/c1-23(2)39(5,6)35(43)33-21-29(18-20-32(33)37(45)46)50-30-17-19-31(34(22-30)38(47)48)36(44)41-25-9-13-27(14-10-25)49-28-15-11-26(12-16-28)42-40(7,8)24(3)4/h9-24,42H,1-8H3,(H,41,44)(H,45,46)(H,47,48). The van der Waals surface area contributed by atoms with Gasteiger partial charge in [0.25, 0.3) is 5.91 Å². The fraction of sp³-hybridized carbons (Fsp3) is 0.300. The molecule has 4 rings (SSSR count). The van der Waals surface area contributed by atoms with E-state index in [4.69, 9.17) is 9.47 Å². The van der Waals surface area contributed by atoms with E-state index in [9.17, 15) is 29.4 Å². The first-order valence-electron chi connectivity index (χ1n) is 16.3. The number of carboxylic acid groups (broad SMARTS) is 2. The number of benzene rings is 4. The lowest BCUT2D eigenvalue weighted by molar-refractivity contribution is 0.0676. The van der Waals surface area contributed by atoms with Gasteiger partial charge in [0, 0.05) is 27.9 Å². The molecule has 0 saturated carbocycles. The van der Waals surface area contributed by atoms with Gasteiger partial charge >= 0.3 is 11.9 Å². The molecular formula is C40H44N2O8. The molecule has 50 heavy (non-hydrogen) atoms. The van der Waals surface area contributed by atoms with Crippen molar-refractivity contribution in [3.8, 4) is 23.0 Å². The van der Waals surface area contributed by atoms with E-state index in [0.29, 0.717) is 23.1 Å². The van der Waals surface area contributed by atoms with Crippen LogP contribution in [0.5, 0.6) is 23.0 Å². The Hall–Kier alpha value is -5.64. The molecule has 0 spiro atoms. The predicted molar refractivity (Wildman–Crippen MR) is 193 cm³/mol. The lowest BCUT2D eigenvalue weighted by Gasteiger charge is -2.31. The van der Waals surface area contributed by atoms with Crippen molar-refractivity contribution >= 4 is 35.0 Å². The molecule has 0 saturated heterocycles. The van der Waals surface area contributed by atoms with Crippen LogP contribution in [-0.4, -0.2) is 39.4 Å². The summed E-state index contributed by atoms with van der Waals surface area (Å²) in [6, 6.07) is 22.3. The van der Waals surface area contributed by atoms with Crippen LogP contribution in [-0.2, 0) is 0 Å². The maximum absolute atomic E-state index is 13.4. The molecule has 4 aromatic rings. The number of hydrogen-bond donors (Lipinski definition) is 4. The number of hydrogen-bond acceptors (Lipinski definition) is 7. The molecule has 10 nitrogen and oxygen atoms in total. The van der Waals surface area contributed by atoms with E-state index < -0.39 is 23.3 Å². The monoisotopic (exact) mass is 680 g/mol. The molecule has 0 heterocycles. The number of rotatable bonds is 14. The molecule has 0 atom stereocenters. The van der Waals surface area contributed by atoms with Gasteiger partial charge in [-0.2, -0.15) is 0 Å². The first-order chi connectivity index (χ1) is 23.4. The van der Waals surface area contributed by atoms with E-state index in [1.54, 1.807) is 38.1 Å². The van der Waals surface area contributed by atoms with Crippen LogP contribution in [0.2, 0.25) is 0 Å². The molecule has 0 aliphatic rings. The number of ether oxygens (including phenoxy) is 2. The van der Waals surface area contributed by atoms with Crippen molar-refractivity contribution in [1.82, 2.24) is 0 Å². The Morgan fingerprint density at radius 1 is 0.560 bits per heavy atom. The fourth-order valence-corrected chi connectivity index (χ4v) is 4.73. The van der Waals surface area contributed by atoms with Crippen molar-refractivity contribution < 1.29 is 38.9 Å². The average molecular weight is 681 g/mol. The number of Topliss-reactive ketones (excluding diaryl/α,β-unsaturated/α-hetero) is 1. The number of ketones is 1. The van der Waals surface area contributed by atoms with Gasteiger partial charge in [-0.05, 0) is 111 Å². The molecule has 0 aliphatic heterocycles. The Balaban J connectivity index is 1.47. The van der Waals surface area contributed by atoms with Crippen LogP contribution in [0.1, 0.15) is 96.8 Å². The van der Waals surface area contributed by atoms with Gasteiger partial charge in [0.05, 0.1) is 16.7 Å². The Kier molecular flexibility index (Phi) is 11.1. The molecule has 0 bridgehead atoms. The van der Waals surface area contributed by atoms with Crippen LogP contribution < -0.4 is 20.1 Å². The maximum Gasteiger partial charge on any atom is 0.336 e. The van der Waals surface area contributed by atoms with Crippen molar-refractivity contribution in [3.05, 3.63) is 107 Å². The van der Waals surface area contributed by atoms with Crippen LogP contribution >= 0.6 is 0 Å². The lowest BCUT2D eigenvalue weighted by atomic mass is 9.74. The number of anilines is 2. The highest BCUT2D eigenvalue weighted by Crippen LogP contribution is 2.35. The summed E-state index contributed by atoms with van der Waals surface area (Å²) in [5, 5.41) is 25.9. The van der Waals surface area contributed by atoms with E-state index in [1.807, 2.05) is 38.1 Å². The zero-order valence-corrected chi connectivity index (χ0v) is 29.6.